The molecule has 0 atom stereocenters. The van der Waals surface area contributed by atoms with Crippen molar-refractivity contribution in [1.29, 1.82) is 0 Å². The van der Waals surface area contributed by atoms with Crippen LogP contribution in [0.2, 0.25) is 0 Å². The minimum atomic E-state index is 0.679. The van der Waals surface area contributed by atoms with E-state index < -0.39 is 0 Å². The summed E-state index contributed by atoms with van der Waals surface area (Å²) in [6, 6.07) is 11.4. The summed E-state index contributed by atoms with van der Waals surface area (Å²) >= 11 is 1.82. The van der Waals surface area contributed by atoms with Crippen LogP contribution in [0.5, 0.6) is 11.5 Å². The van der Waals surface area contributed by atoms with E-state index in [1.165, 1.54) is 75.3 Å². The monoisotopic (exact) mass is 386 g/mol. The van der Waals surface area contributed by atoms with Crippen LogP contribution < -0.4 is 9.30 Å². The summed E-state index contributed by atoms with van der Waals surface area (Å²) in [5.41, 5.74) is 5.32. The molecule has 6 rings (SSSR count). The second-order valence-corrected chi connectivity index (χ2v) is 9.33. The molecule has 4 aromatic rings. The number of thiophene rings is 1. The first kappa shape index (κ1) is 16.6. The van der Waals surface area contributed by atoms with E-state index in [1.54, 1.807) is 0 Å². The first-order valence-corrected chi connectivity index (χ1v) is 11.2. The molecule has 2 aliphatic rings. The van der Waals surface area contributed by atoms with Gasteiger partial charge in [0.25, 0.3) is 0 Å². The Morgan fingerprint density at radius 3 is 2.71 bits per heavy atom. The SMILES string of the molecule is Cc1c2c(cc3ccsc13)Oc1cc(C3CCCCC3)cc3cc[n+](C)c-2c13. The fraction of sp³-hybridized carbons (Fsp3) is 0.320. The van der Waals surface area contributed by atoms with Crippen molar-refractivity contribution in [3.63, 3.8) is 0 Å². The highest BCUT2D eigenvalue weighted by atomic mass is 32.1. The molecule has 0 saturated heterocycles. The number of aryl methyl sites for hydroxylation is 2. The fourth-order valence-corrected chi connectivity index (χ4v) is 6.18. The number of benzene rings is 2. The molecule has 1 aliphatic carbocycles. The molecular weight excluding hydrogens is 362 g/mol. The smallest absolute Gasteiger partial charge is 0.228 e. The van der Waals surface area contributed by atoms with Gasteiger partial charge in [0.15, 0.2) is 6.20 Å². The molecule has 1 saturated carbocycles. The molecule has 2 nitrogen and oxygen atoms in total. The third-order valence-electron chi connectivity index (χ3n) is 6.70. The average Bonchev–Trinajstić information content (AvgIpc) is 3.19. The van der Waals surface area contributed by atoms with Gasteiger partial charge in [-0.1, -0.05) is 25.3 Å². The van der Waals surface area contributed by atoms with E-state index in [4.69, 9.17) is 4.74 Å². The lowest BCUT2D eigenvalue weighted by atomic mass is 9.83. The quantitative estimate of drug-likeness (QED) is 0.282. The summed E-state index contributed by atoms with van der Waals surface area (Å²) < 4.78 is 10.2. The Balaban J connectivity index is 1.65. The third-order valence-corrected chi connectivity index (χ3v) is 7.75. The molecule has 28 heavy (non-hydrogen) atoms. The average molecular weight is 387 g/mol. The highest BCUT2D eigenvalue weighted by molar-refractivity contribution is 7.17. The summed E-state index contributed by atoms with van der Waals surface area (Å²) in [7, 11) is 2.15. The predicted octanol–water partition coefficient (Wildman–Crippen LogP) is 7.01. The Labute approximate surface area is 169 Å². The molecule has 0 radical (unpaired) electrons. The Bertz CT molecular complexity index is 1250. The van der Waals surface area contributed by atoms with E-state index >= 15 is 0 Å². The standard InChI is InChI=1S/C25H24NOS/c1-15-22-20(13-18-9-11-28-25(15)18)27-21-14-19(16-6-4-3-5-7-16)12-17-8-10-26(2)24(22)23(17)21/h8-14,16H,3-7H2,1-2H3/q+1. The number of hydrogen-bond donors (Lipinski definition) is 0. The Morgan fingerprint density at radius 1 is 1.00 bits per heavy atom. The predicted molar refractivity (Wildman–Crippen MR) is 117 cm³/mol. The van der Waals surface area contributed by atoms with Gasteiger partial charge >= 0.3 is 0 Å². The molecule has 1 fully saturated rings. The van der Waals surface area contributed by atoms with Crippen LogP contribution in [0.3, 0.4) is 0 Å². The van der Waals surface area contributed by atoms with E-state index in [2.05, 4.69) is 60.4 Å². The molecule has 0 spiro atoms. The normalized spacial score (nSPS) is 16.4. The van der Waals surface area contributed by atoms with Crippen molar-refractivity contribution >= 4 is 32.2 Å². The van der Waals surface area contributed by atoms with Crippen LogP contribution in [-0.2, 0) is 7.05 Å². The zero-order chi connectivity index (χ0) is 18.8. The summed E-state index contributed by atoms with van der Waals surface area (Å²) in [5, 5.41) is 6.03. The van der Waals surface area contributed by atoms with Crippen LogP contribution in [0.25, 0.3) is 32.1 Å². The minimum absolute atomic E-state index is 0.679. The molecule has 0 unspecified atom stereocenters. The van der Waals surface area contributed by atoms with Gasteiger partial charge in [0.05, 0.1) is 10.9 Å². The lowest BCUT2D eigenvalue weighted by molar-refractivity contribution is -0.659. The number of rotatable bonds is 1. The molecule has 0 bridgehead atoms. The molecule has 140 valence electrons. The zero-order valence-corrected chi connectivity index (χ0v) is 17.2. The molecule has 0 amide bonds. The van der Waals surface area contributed by atoms with Gasteiger partial charge in [-0.05, 0) is 71.2 Å². The highest BCUT2D eigenvalue weighted by Crippen LogP contribution is 2.50. The van der Waals surface area contributed by atoms with Crippen LogP contribution in [0.15, 0.2) is 41.9 Å². The van der Waals surface area contributed by atoms with Crippen molar-refractivity contribution in [3.8, 4) is 22.8 Å². The first-order valence-electron chi connectivity index (χ1n) is 10.4. The molecule has 0 N–H and O–H groups in total. The van der Waals surface area contributed by atoms with Crippen LogP contribution in [0.1, 0.15) is 49.1 Å². The van der Waals surface area contributed by atoms with Crippen molar-refractivity contribution in [2.75, 3.05) is 0 Å². The van der Waals surface area contributed by atoms with Gasteiger partial charge in [-0.25, -0.2) is 4.57 Å². The lowest BCUT2D eigenvalue weighted by Gasteiger charge is -2.25. The van der Waals surface area contributed by atoms with Crippen molar-refractivity contribution in [3.05, 3.63) is 53.0 Å². The molecular formula is C25H24NOS+. The Hall–Kier alpha value is -2.39. The maximum atomic E-state index is 6.59. The number of pyridine rings is 1. The Kier molecular flexibility index (Phi) is 3.58. The topological polar surface area (TPSA) is 13.1 Å². The van der Waals surface area contributed by atoms with E-state index in [0.29, 0.717) is 5.92 Å². The molecule has 2 aromatic carbocycles. The maximum Gasteiger partial charge on any atom is 0.228 e. The highest BCUT2D eigenvalue weighted by Gasteiger charge is 2.31. The van der Waals surface area contributed by atoms with Gasteiger partial charge in [-0.3, -0.25) is 0 Å². The molecule has 1 aliphatic heterocycles. The number of ether oxygens (including phenoxy) is 1. The van der Waals surface area contributed by atoms with E-state index in [0.717, 1.165) is 11.5 Å². The number of aromatic nitrogens is 1. The van der Waals surface area contributed by atoms with Crippen molar-refractivity contribution in [2.45, 2.75) is 44.9 Å². The lowest BCUT2D eigenvalue weighted by Crippen LogP contribution is -2.31. The van der Waals surface area contributed by atoms with Gasteiger partial charge in [0, 0.05) is 10.8 Å². The van der Waals surface area contributed by atoms with Crippen molar-refractivity contribution in [1.82, 2.24) is 0 Å². The van der Waals surface area contributed by atoms with Crippen LogP contribution in [0.4, 0.5) is 0 Å². The van der Waals surface area contributed by atoms with E-state index in [1.807, 2.05) is 11.3 Å². The summed E-state index contributed by atoms with van der Waals surface area (Å²) in [4.78, 5) is 0. The van der Waals surface area contributed by atoms with Crippen LogP contribution >= 0.6 is 11.3 Å². The Morgan fingerprint density at radius 2 is 1.86 bits per heavy atom. The minimum Gasteiger partial charge on any atom is -0.456 e. The van der Waals surface area contributed by atoms with Crippen LogP contribution in [0, 0.1) is 6.92 Å². The van der Waals surface area contributed by atoms with Crippen LogP contribution in [-0.4, -0.2) is 0 Å². The van der Waals surface area contributed by atoms with Gasteiger partial charge < -0.3 is 4.74 Å². The van der Waals surface area contributed by atoms with Gasteiger partial charge in [-0.2, -0.15) is 0 Å². The third kappa shape index (κ3) is 2.29. The molecule has 2 aromatic heterocycles. The summed E-state index contributed by atoms with van der Waals surface area (Å²) in [6.07, 6.45) is 8.92. The van der Waals surface area contributed by atoms with Gasteiger partial charge in [0.1, 0.15) is 18.5 Å². The summed E-state index contributed by atoms with van der Waals surface area (Å²) in [6.45, 7) is 2.24. The van der Waals surface area contributed by atoms with Crippen molar-refractivity contribution < 1.29 is 9.30 Å². The zero-order valence-electron chi connectivity index (χ0n) is 16.4. The maximum absolute atomic E-state index is 6.59. The van der Waals surface area contributed by atoms with Gasteiger partial charge in [-0.15, -0.1) is 11.3 Å². The van der Waals surface area contributed by atoms with E-state index in [-0.39, 0.29) is 0 Å². The van der Waals surface area contributed by atoms with Crippen molar-refractivity contribution in [2.24, 2.45) is 7.05 Å². The first-order chi connectivity index (χ1) is 13.7. The second kappa shape index (κ2) is 6.05. The van der Waals surface area contributed by atoms with E-state index in [9.17, 15) is 0 Å². The molecule has 3 heterocycles. The number of nitrogens with zero attached hydrogens (tertiary/aromatic N) is 1. The number of hydrogen-bond acceptors (Lipinski definition) is 2. The molecule has 3 heteroatoms. The largest absolute Gasteiger partial charge is 0.456 e. The number of fused-ring (bicyclic) bond motifs is 3. The second-order valence-electron chi connectivity index (χ2n) is 8.41. The summed E-state index contributed by atoms with van der Waals surface area (Å²) in [5.74, 6) is 2.71. The fourth-order valence-electron chi connectivity index (χ4n) is 5.28. The van der Waals surface area contributed by atoms with Gasteiger partial charge in [0.2, 0.25) is 5.69 Å².